The van der Waals surface area contributed by atoms with Crippen molar-refractivity contribution in [2.75, 3.05) is 36.9 Å². The van der Waals surface area contributed by atoms with E-state index in [-0.39, 0.29) is 16.8 Å². The van der Waals surface area contributed by atoms with Gasteiger partial charge in [0.2, 0.25) is 10.0 Å². The first-order valence-corrected chi connectivity index (χ1v) is 12.3. The highest BCUT2D eigenvalue weighted by Gasteiger charge is 2.26. The van der Waals surface area contributed by atoms with Crippen LogP contribution in [0.1, 0.15) is 28.9 Å². The molecule has 1 atom stereocenters. The number of amides is 1. The van der Waals surface area contributed by atoms with E-state index in [0.717, 1.165) is 5.69 Å². The molecule has 172 valence electrons. The third-order valence-electron chi connectivity index (χ3n) is 5.55. The first-order valence-electron chi connectivity index (χ1n) is 10.8. The van der Waals surface area contributed by atoms with Crippen LogP contribution < -0.4 is 10.6 Å². The molecule has 4 rings (SSSR count). The lowest BCUT2D eigenvalue weighted by Gasteiger charge is -2.26. The zero-order valence-corrected chi connectivity index (χ0v) is 19.2. The molecule has 3 aromatic rings. The predicted molar refractivity (Wildman–Crippen MR) is 129 cm³/mol. The zero-order chi connectivity index (χ0) is 23.3. The number of hydrogen-bond donors (Lipinski definition) is 2. The lowest BCUT2D eigenvalue weighted by atomic mass is 10.1. The molecule has 1 aliphatic rings. The summed E-state index contributed by atoms with van der Waals surface area (Å²) in [5, 5.41) is 6.29. The van der Waals surface area contributed by atoms with Gasteiger partial charge in [0.1, 0.15) is 0 Å². The van der Waals surface area contributed by atoms with Crippen LogP contribution in [-0.4, -0.2) is 44.9 Å². The second kappa shape index (κ2) is 10.2. The fourth-order valence-corrected chi connectivity index (χ4v) is 5.05. The Morgan fingerprint density at radius 1 is 0.879 bits per heavy atom. The Morgan fingerprint density at radius 2 is 1.48 bits per heavy atom. The van der Waals surface area contributed by atoms with E-state index in [2.05, 4.69) is 29.7 Å². The number of hydrogen-bond acceptors (Lipinski definition) is 5. The van der Waals surface area contributed by atoms with E-state index in [1.54, 1.807) is 0 Å². The second-order valence-electron chi connectivity index (χ2n) is 7.85. The molecule has 1 aliphatic heterocycles. The summed E-state index contributed by atoms with van der Waals surface area (Å²) in [6.07, 6.45) is 0. The van der Waals surface area contributed by atoms with Crippen LogP contribution in [0, 0.1) is 0 Å². The number of morpholine rings is 1. The summed E-state index contributed by atoms with van der Waals surface area (Å²) in [6, 6.07) is 23.8. The van der Waals surface area contributed by atoms with Gasteiger partial charge < -0.3 is 15.4 Å². The minimum atomic E-state index is -3.58. The maximum atomic E-state index is 12.7. The molecule has 0 saturated carbocycles. The number of sulfonamides is 1. The average molecular weight is 466 g/mol. The summed E-state index contributed by atoms with van der Waals surface area (Å²) in [5.41, 5.74) is 3.18. The topological polar surface area (TPSA) is 87.7 Å². The van der Waals surface area contributed by atoms with E-state index in [1.165, 1.54) is 34.1 Å². The number of nitrogens with zero attached hydrogens (tertiary/aromatic N) is 1. The smallest absolute Gasteiger partial charge is 0.255 e. The van der Waals surface area contributed by atoms with Gasteiger partial charge in [-0.3, -0.25) is 4.79 Å². The molecule has 7 nitrogen and oxygen atoms in total. The number of ether oxygens (including phenoxy) is 1. The monoisotopic (exact) mass is 465 g/mol. The number of carbonyl (C=O) groups is 1. The molecular weight excluding hydrogens is 438 g/mol. The van der Waals surface area contributed by atoms with Gasteiger partial charge in [0.05, 0.1) is 18.1 Å². The molecule has 8 heteroatoms. The molecule has 0 aliphatic carbocycles. The SMILES string of the molecule is CC(Nc1ccc(NC(=O)c2ccc(S(=O)(=O)N3CCOCC3)cc2)cc1)c1ccccc1. The van der Waals surface area contributed by atoms with Crippen molar-refractivity contribution in [1.82, 2.24) is 4.31 Å². The van der Waals surface area contributed by atoms with Crippen molar-refractivity contribution < 1.29 is 17.9 Å². The molecular formula is C25H27N3O4S. The van der Waals surface area contributed by atoms with Gasteiger partial charge in [0.25, 0.3) is 5.91 Å². The number of rotatable bonds is 7. The van der Waals surface area contributed by atoms with Gasteiger partial charge in [-0.15, -0.1) is 0 Å². The van der Waals surface area contributed by atoms with Gasteiger partial charge in [0.15, 0.2) is 0 Å². The fourth-order valence-electron chi connectivity index (χ4n) is 3.64. The lowest BCUT2D eigenvalue weighted by Crippen LogP contribution is -2.40. The Bertz CT molecular complexity index is 1170. The Hall–Kier alpha value is -3.20. The second-order valence-corrected chi connectivity index (χ2v) is 9.79. The largest absolute Gasteiger partial charge is 0.379 e. The Labute approximate surface area is 194 Å². The number of benzene rings is 3. The van der Waals surface area contributed by atoms with Crippen molar-refractivity contribution in [3.05, 3.63) is 90.0 Å². The van der Waals surface area contributed by atoms with Crippen LogP contribution in [0.2, 0.25) is 0 Å². The highest BCUT2D eigenvalue weighted by atomic mass is 32.2. The summed E-state index contributed by atoms with van der Waals surface area (Å²) in [5.74, 6) is -0.302. The lowest BCUT2D eigenvalue weighted by molar-refractivity contribution is 0.0730. The third kappa shape index (κ3) is 5.60. The predicted octanol–water partition coefficient (Wildman–Crippen LogP) is 4.13. The van der Waals surface area contributed by atoms with Crippen LogP contribution in [0.4, 0.5) is 11.4 Å². The molecule has 1 fully saturated rings. The summed E-state index contributed by atoms with van der Waals surface area (Å²) >= 11 is 0. The quantitative estimate of drug-likeness (QED) is 0.548. The van der Waals surface area contributed by atoms with Crippen LogP contribution >= 0.6 is 0 Å². The highest BCUT2D eigenvalue weighted by molar-refractivity contribution is 7.89. The standard InChI is InChI=1S/C25H27N3O4S/c1-19(20-5-3-2-4-6-20)26-22-9-11-23(12-10-22)27-25(29)21-7-13-24(14-8-21)33(30,31)28-15-17-32-18-16-28/h2-14,19,26H,15-18H2,1H3,(H,27,29). The van der Waals surface area contributed by atoms with Gasteiger partial charge in [-0.05, 0) is 61.0 Å². The average Bonchev–Trinajstić information content (AvgIpc) is 2.86. The molecule has 1 heterocycles. The minimum Gasteiger partial charge on any atom is -0.379 e. The van der Waals surface area contributed by atoms with Crippen LogP contribution in [0.3, 0.4) is 0 Å². The van der Waals surface area contributed by atoms with Crippen molar-refractivity contribution >= 4 is 27.3 Å². The van der Waals surface area contributed by atoms with E-state index in [4.69, 9.17) is 4.74 Å². The molecule has 0 radical (unpaired) electrons. The molecule has 0 aromatic heterocycles. The van der Waals surface area contributed by atoms with Gasteiger partial charge in [-0.2, -0.15) is 4.31 Å². The molecule has 3 aromatic carbocycles. The minimum absolute atomic E-state index is 0.152. The summed E-state index contributed by atoms with van der Waals surface area (Å²) in [6.45, 7) is 3.53. The van der Waals surface area contributed by atoms with Gasteiger partial charge in [-0.25, -0.2) is 8.42 Å². The van der Waals surface area contributed by atoms with Crippen molar-refractivity contribution in [2.45, 2.75) is 17.9 Å². The molecule has 33 heavy (non-hydrogen) atoms. The molecule has 1 amide bonds. The van der Waals surface area contributed by atoms with Gasteiger partial charge >= 0.3 is 0 Å². The molecule has 1 unspecified atom stereocenters. The summed E-state index contributed by atoms with van der Waals surface area (Å²) in [7, 11) is -3.58. The normalized spacial score (nSPS) is 15.5. The summed E-state index contributed by atoms with van der Waals surface area (Å²) < 4.78 is 32.1. The maximum Gasteiger partial charge on any atom is 0.255 e. The van der Waals surface area contributed by atoms with Crippen LogP contribution in [0.5, 0.6) is 0 Å². The van der Waals surface area contributed by atoms with Crippen LogP contribution in [0.15, 0.2) is 83.8 Å². The molecule has 1 saturated heterocycles. The Kier molecular flexibility index (Phi) is 7.08. The third-order valence-corrected chi connectivity index (χ3v) is 7.46. The highest BCUT2D eigenvalue weighted by Crippen LogP contribution is 2.22. The Balaban J connectivity index is 1.37. The van der Waals surface area contributed by atoms with Gasteiger partial charge in [-0.1, -0.05) is 30.3 Å². The van der Waals surface area contributed by atoms with Crippen LogP contribution in [-0.2, 0) is 14.8 Å². The Morgan fingerprint density at radius 3 is 2.12 bits per heavy atom. The number of nitrogens with one attached hydrogen (secondary N) is 2. The van der Waals surface area contributed by atoms with E-state index >= 15 is 0 Å². The van der Waals surface area contributed by atoms with E-state index in [9.17, 15) is 13.2 Å². The maximum absolute atomic E-state index is 12.7. The van der Waals surface area contributed by atoms with Gasteiger partial charge in [0, 0.05) is 36.1 Å². The van der Waals surface area contributed by atoms with E-state index in [0.29, 0.717) is 37.6 Å². The van der Waals surface area contributed by atoms with E-state index < -0.39 is 10.0 Å². The first kappa shape index (κ1) is 23.0. The summed E-state index contributed by atoms with van der Waals surface area (Å²) in [4.78, 5) is 12.8. The van der Waals surface area contributed by atoms with Crippen molar-refractivity contribution in [1.29, 1.82) is 0 Å². The number of anilines is 2. The van der Waals surface area contributed by atoms with Crippen molar-refractivity contribution in [3.8, 4) is 0 Å². The first-order chi connectivity index (χ1) is 15.9. The van der Waals surface area contributed by atoms with Crippen molar-refractivity contribution in [3.63, 3.8) is 0 Å². The fraction of sp³-hybridized carbons (Fsp3) is 0.240. The van der Waals surface area contributed by atoms with E-state index in [1.807, 2.05) is 42.5 Å². The molecule has 2 N–H and O–H groups in total. The molecule has 0 bridgehead atoms. The van der Waals surface area contributed by atoms with Crippen LogP contribution in [0.25, 0.3) is 0 Å². The number of carbonyl (C=O) groups excluding carboxylic acids is 1. The zero-order valence-electron chi connectivity index (χ0n) is 18.4. The van der Waals surface area contributed by atoms with Crippen molar-refractivity contribution in [2.24, 2.45) is 0 Å². The molecule has 0 spiro atoms.